The molecule has 8 nitrogen and oxygen atoms in total. The molecule has 27 heavy (non-hydrogen) atoms. The Kier molecular flexibility index (Phi) is 4.63. The zero-order valence-electron chi connectivity index (χ0n) is 15.1. The number of anilines is 1. The highest BCUT2D eigenvalue weighted by molar-refractivity contribution is 7.71. The van der Waals surface area contributed by atoms with Gasteiger partial charge in [0.05, 0.1) is 20.3 Å². The van der Waals surface area contributed by atoms with E-state index < -0.39 is 0 Å². The predicted octanol–water partition coefficient (Wildman–Crippen LogP) is 1.99. The number of nitrogens with one attached hydrogen (secondary N) is 1. The maximum Gasteiger partial charge on any atom is 0.264 e. The zero-order chi connectivity index (χ0) is 19.0. The SMILES string of the molecule is COc1ccc(-n2c(C)nc3nc(N4CCOCC4)[nH]c(=O)c3c2=S)cc1. The number of H-pyrrole nitrogens is 1. The number of hydrogen-bond acceptors (Lipinski definition) is 7. The Morgan fingerprint density at radius 2 is 1.89 bits per heavy atom. The molecule has 0 aliphatic carbocycles. The number of methoxy groups -OCH3 is 1. The van der Waals surface area contributed by atoms with Crippen LogP contribution in [0.15, 0.2) is 29.1 Å². The van der Waals surface area contributed by atoms with E-state index in [9.17, 15) is 4.79 Å². The number of benzene rings is 1. The number of aromatic nitrogens is 4. The maximum atomic E-state index is 12.8. The third kappa shape index (κ3) is 3.19. The van der Waals surface area contributed by atoms with Crippen LogP contribution in [-0.4, -0.2) is 52.9 Å². The van der Waals surface area contributed by atoms with Crippen molar-refractivity contribution in [1.29, 1.82) is 0 Å². The molecule has 0 spiro atoms. The molecule has 4 rings (SSSR count). The van der Waals surface area contributed by atoms with Crippen LogP contribution in [0, 0.1) is 11.6 Å². The summed E-state index contributed by atoms with van der Waals surface area (Å²) in [5.74, 6) is 1.90. The van der Waals surface area contributed by atoms with Gasteiger partial charge < -0.3 is 14.4 Å². The van der Waals surface area contributed by atoms with E-state index in [4.69, 9.17) is 21.7 Å². The molecule has 140 valence electrons. The summed E-state index contributed by atoms with van der Waals surface area (Å²) in [4.78, 5) is 26.7. The van der Waals surface area contributed by atoms with Gasteiger partial charge in [0.15, 0.2) is 5.65 Å². The predicted molar refractivity (Wildman–Crippen MR) is 105 cm³/mol. The standard InChI is InChI=1S/C18H19N5O3S/c1-11-19-15-14(16(24)21-18(20-15)22-7-9-26-10-8-22)17(27)23(11)12-3-5-13(25-2)6-4-12/h3-6H,7-10H2,1-2H3,(H,20,21,24). The second-order valence-corrected chi connectivity index (χ2v) is 6.57. The van der Waals surface area contributed by atoms with Gasteiger partial charge in [0, 0.05) is 18.8 Å². The fourth-order valence-corrected chi connectivity index (χ4v) is 3.57. The van der Waals surface area contributed by atoms with Crippen LogP contribution in [0.4, 0.5) is 5.95 Å². The minimum absolute atomic E-state index is 0.291. The van der Waals surface area contributed by atoms with Crippen molar-refractivity contribution in [2.45, 2.75) is 6.92 Å². The van der Waals surface area contributed by atoms with E-state index in [1.54, 1.807) is 11.7 Å². The molecule has 1 fully saturated rings. The summed E-state index contributed by atoms with van der Waals surface area (Å²) in [6.45, 7) is 4.40. The summed E-state index contributed by atoms with van der Waals surface area (Å²) in [7, 11) is 1.61. The molecule has 0 bridgehead atoms. The van der Waals surface area contributed by atoms with Crippen LogP contribution in [0.5, 0.6) is 5.75 Å². The largest absolute Gasteiger partial charge is 0.497 e. The number of nitrogens with zero attached hydrogens (tertiary/aromatic N) is 4. The average Bonchev–Trinajstić information content (AvgIpc) is 2.68. The van der Waals surface area contributed by atoms with Crippen molar-refractivity contribution in [2.24, 2.45) is 0 Å². The van der Waals surface area contributed by atoms with Crippen molar-refractivity contribution in [3.8, 4) is 11.4 Å². The summed E-state index contributed by atoms with van der Waals surface area (Å²) in [6, 6.07) is 7.42. The topological polar surface area (TPSA) is 85.3 Å². The molecular formula is C18H19N5O3S. The van der Waals surface area contributed by atoms with Crippen LogP contribution in [0.2, 0.25) is 0 Å². The van der Waals surface area contributed by atoms with Gasteiger partial charge in [0.25, 0.3) is 5.56 Å². The Bertz CT molecular complexity index is 1100. The second-order valence-electron chi connectivity index (χ2n) is 6.19. The van der Waals surface area contributed by atoms with E-state index in [1.165, 1.54) is 0 Å². The molecule has 0 unspecified atom stereocenters. The highest BCUT2D eigenvalue weighted by atomic mass is 32.1. The Labute approximate surface area is 160 Å². The average molecular weight is 385 g/mol. The van der Waals surface area contributed by atoms with Gasteiger partial charge in [0.2, 0.25) is 5.95 Å². The van der Waals surface area contributed by atoms with Gasteiger partial charge in [0.1, 0.15) is 21.6 Å². The minimum atomic E-state index is -0.291. The number of rotatable bonds is 3. The summed E-state index contributed by atoms with van der Waals surface area (Å²) in [5.41, 5.74) is 0.873. The van der Waals surface area contributed by atoms with Crippen LogP contribution in [0.25, 0.3) is 16.7 Å². The Hall–Kier alpha value is -2.78. The Morgan fingerprint density at radius 3 is 2.56 bits per heavy atom. The Balaban J connectivity index is 1.87. The normalized spacial score (nSPS) is 14.5. The first-order chi connectivity index (χ1) is 13.1. The summed E-state index contributed by atoms with van der Waals surface area (Å²) >= 11 is 5.61. The lowest BCUT2D eigenvalue weighted by Crippen LogP contribution is -2.38. The maximum absolute atomic E-state index is 12.8. The van der Waals surface area contributed by atoms with E-state index in [-0.39, 0.29) is 5.56 Å². The first-order valence-corrected chi connectivity index (χ1v) is 9.00. The molecule has 1 aliphatic rings. The summed E-state index contributed by atoms with van der Waals surface area (Å²) in [5, 5.41) is 0.309. The molecule has 1 saturated heterocycles. The molecule has 0 atom stereocenters. The molecule has 3 aromatic rings. The van der Waals surface area contributed by atoms with Gasteiger partial charge in [-0.05, 0) is 31.2 Å². The van der Waals surface area contributed by atoms with E-state index in [2.05, 4.69) is 15.0 Å². The smallest absolute Gasteiger partial charge is 0.264 e. The Morgan fingerprint density at radius 1 is 1.19 bits per heavy atom. The fourth-order valence-electron chi connectivity index (χ4n) is 3.15. The number of hydrogen-bond donors (Lipinski definition) is 1. The third-order valence-electron chi connectivity index (χ3n) is 4.54. The van der Waals surface area contributed by atoms with E-state index in [1.807, 2.05) is 36.1 Å². The highest BCUT2D eigenvalue weighted by Gasteiger charge is 2.17. The quantitative estimate of drug-likeness (QED) is 0.690. The van der Waals surface area contributed by atoms with Gasteiger partial charge in [-0.25, -0.2) is 4.98 Å². The van der Waals surface area contributed by atoms with Gasteiger partial charge in [-0.2, -0.15) is 4.98 Å². The van der Waals surface area contributed by atoms with Gasteiger partial charge >= 0.3 is 0 Å². The van der Waals surface area contributed by atoms with Crippen molar-refractivity contribution >= 4 is 29.2 Å². The highest BCUT2D eigenvalue weighted by Crippen LogP contribution is 2.20. The van der Waals surface area contributed by atoms with Crippen molar-refractivity contribution in [3.05, 3.63) is 45.1 Å². The zero-order valence-corrected chi connectivity index (χ0v) is 15.9. The number of ether oxygens (including phenoxy) is 2. The van der Waals surface area contributed by atoms with E-state index >= 15 is 0 Å². The number of fused-ring (bicyclic) bond motifs is 1. The lowest BCUT2D eigenvalue weighted by molar-refractivity contribution is 0.122. The van der Waals surface area contributed by atoms with Gasteiger partial charge in [-0.1, -0.05) is 12.2 Å². The fraction of sp³-hybridized carbons (Fsp3) is 0.333. The molecule has 1 aliphatic heterocycles. The monoisotopic (exact) mass is 385 g/mol. The van der Waals surface area contributed by atoms with Gasteiger partial charge in [-0.15, -0.1) is 0 Å². The molecule has 1 N–H and O–H groups in total. The molecule has 9 heteroatoms. The van der Waals surface area contributed by atoms with Crippen molar-refractivity contribution < 1.29 is 9.47 Å². The number of aromatic amines is 1. The van der Waals surface area contributed by atoms with Crippen molar-refractivity contribution in [2.75, 3.05) is 38.3 Å². The van der Waals surface area contributed by atoms with Crippen molar-refractivity contribution in [1.82, 2.24) is 19.5 Å². The second kappa shape index (κ2) is 7.09. The van der Waals surface area contributed by atoms with Crippen LogP contribution in [-0.2, 0) is 4.74 Å². The third-order valence-corrected chi connectivity index (χ3v) is 4.92. The van der Waals surface area contributed by atoms with Crippen molar-refractivity contribution in [3.63, 3.8) is 0 Å². The molecule has 0 saturated carbocycles. The lowest BCUT2D eigenvalue weighted by atomic mass is 10.3. The van der Waals surface area contributed by atoms with Crippen LogP contribution >= 0.6 is 12.2 Å². The first kappa shape index (κ1) is 17.6. The lowest BCUT2D eigenvalue weighted by Gasteiger charge is -2.27. The molecule has 0 amide bonds. The van der Waals surface area contributed by atoms with E-state index in [0.29, 0.717) is 53.8 Å². The molecule has 0 radical (unpaired) electrons. The molecule has 1 aromatic carbocycles. The number of morpholine rings is 1. The van der Waals surface area contributed by atoms with Crippen LogP contribution in [0.1, 0.15) is 5.82 Å². The molecular weight excluding hydrogens is 366 g/mol. The van der Waals surface area contributed by atoms with Crippen LogP contribution < -0.4 is 15.2 Å². The summed E-state index contributed by atoms with van der Waals surface area (Å²) < 4.78 is 12.7. The number of aryl methyl sites for hydroxylation is 1. The molecule has 3 heterocycles. The van der Waals surface area contributed by atoms with E-state index in [0.717, 1.165) is 11.4 Å². The van der Waals surface area contributed by atoms with Gasteiger partial charge in [-0.3, -0.25) is 14.3 Å². The minimum Gasteiger partial charge on any atom is -0.497 e. The first-order valence-electron chi connectivity index (χ1n) is 8.59. The van der Waals surface area contributed by atoms with Crippen LogP contribution in [0.3, 0.4) is 0 Å². The summed E-state index contributed by atoms with van der Waals surface area (Å²) in [6.07, 6.45) is 0. The molecule has 2 aromatic heterocycles.